The fraction of sp³-hybridized carbons (Fsp3) is 0.150. The molecule has 1 aromatic heterocycles. The van der Waals surface area contributed by atoms with E-state index in [-0.39, 0.29) is 11.2 Å². The molecule has 0 aliphatic carbocycles. The molecule has 5 nitrogen and oxygen atoms in total. The van der Waals surface area contributed by atoms with Crippen molar-refractivity contribution in [3.63, 3.8) is 0 Å². The molecule has 0 aliphatic heterocycles. The average Bonchev–Trinajstić information content (AvgIpc) is 3.06. The smallest absolute Gasteiger partial charge is 0.237 e. The van der Waals surface area contributed by atoms with Crippen LogP contribution in [0.5, 0.6) is 0 Å². The fourth-order valence-corrected chi connectivity index (χ4v) is 3.31. The van der Waals surface area contributed by atoms with E-state index in [4.69, 9.17) is 0 Å². The summed E-state index contributed by atoms with van der Waals surface area (Å²) >= 11 is 1.38. The summed E-state index contributed by atoms with van der Waals surface area (Å²) in [5.74, 6) is 0.694. The number of para-hydroxylation sites is 1. The number of benzene rings is 2. The Morgan fingerprint density at radius 1 is 1.15 bits per heavy atom. The molecule has 6 heteroatoms. The Labute approximate surface area is 157 Å². The third-order valence-corrected chi connectivity index (χ3v) is 4.83. The van der Waals surface area contributed by atoms with Crippen LogP contribution in [0.15, 0.2) is 78.5 Å². The van der Waals surface area contributed by atoms with E-state index in [0.717, 1.165) is 17.1 Å². The number of carbonyl (C=O) groups is 1. The Hall–Kier alpha value is -2.86. The summed E-state index contributed by atoms with van der Waals surface area (Å²) in [4.78, 5) is 12.5. The van der Waals surface area contributed by atoms with E-state index in [1.807, 2.05) is 72.2 Å². The normalized spacial score (nSPS) is 11.7. The van der Waals surface area contributed by atoms with Gasteiger partial charge in [0.1, 0.15) is 0 Å². The van der Waals surface area contributed by atoms with E-state index in [0.29, 0.717) is 11.7 Å². The van der Waals surface area contributed by atoms with Crippen molar-refractivity contribution in [3.8, 4) is 11.4 Å². The number of carbonyl (C=O) groups excluding carboxylic acids is 1. The van der Waals surface area contributed by atoms with E-state index in [2.05, 4.69) is 22.1 Å². The number of rotatable bonds is 7. The third-order valence-electron chi connectivity index (χ3n) is 3.75. The highest BCUT2D eigenvalue weighted by atomic mass is 32.2. The van der Waals surface area contributed by atoms with Gasteiger partial charge in [-0.25, -0.2) is 0 Å². The Kier molecular flexibility index (Phi) is 5.86. The largest absolute Gasteiger partial charge is 0.325 e. The van der Waals surface area contributed by atoms with Crippen molar-refractivity contribution < 1.29 is 4.79 Å². The fourth-order valence-electron chi connectivity index (χ4n) is 2.45. The van der Waals surface area contributed by atoms with Crippen LogP contribution in [0.4, 0.5) is 5.69 Å². The molecule has 0 radical (unpaired) electrons. The van der Waals surface area contributed by atoms with Crippen LogP contribution in [0.3, 0.4) is 0 Å². The van der Waals surface area contributed by atoms with Crippen molar-refractivity contribution in [1.29, 1.82) is 0 Å². The Morgan fingerprint density at radius 2 is 1.81 bits per heavy atom. The van der Waals surface area contributed by atoms with Gasteiger partial charge in [0, 0.05) is 17.8 Å². The molecular weight excluding hydrogens is 344 g/mol. The molecule has 0 fully saturated rings. The molecule has 2 aromatic carbocycles. The van der Waals surface area contributed by atoms with Gasteiger partial charge >= 0.3 is 0 Å². The van der Waals surface area contributed by atoms with Gasteiger partial charge in [-0.15, -0.1) is 16.8 Å². The maximum atomic E-state index is 12.5. The predicted molar refractivity (Wildman–Crippen MR) is 106 cm³/mol. The SMILES string of the molecule is C=CCn1c(S[C@@H](C)C(=O)Nc2ccccc2)nnc1-c1ccccc1. The topological polar surface area (TPSA) is 59.8 Å². The summed E-state index contributed by atoms with van der Waals surface area (Å²) in [7, 11) is 0. The van der Waals surface area contributed by atoms with Gasteiger partial charge in [0.25, 0.3) is 0 Å². The second-order valence-electron chi connectivity index (χ2n) is 5.69. The Balaban J connectivity index is 1.77. The van der Waals surface area contributed by atoms with Gasteiger partial charge in [0.15, 0.2) is 11.0 Å². The van der Waals surface area contributed by atoms with Crippen molar-refractivity contribution in [2.45, 2.75) is 23.9 Å². The molecule has 132 valence electrons. The monoisotopic (exact) mass is 364 g/mol. The zero-order valence-corrected chi connectivity index (χ0v) is 15.3. The van der Waals surface area contributed by atoms with Gasteiger partial charge in [-0.2, -0.15) is 0 Å². The van der Waals surface area contributed by atoms with Crippen LogP contribution < -0.4 is 5.32 Å². The number of nitrogens with one attached hydrogen (secondary N) is 1. The summed E-state index contributed by atoms with van der Waals surface area (Å²) in [6, 6.07) is 19.3. The van der Waals surface area contributed by atoms with Gasteiger partial charge in [-0.1, -0.05) is 66.4 Å². The van der Waals surface area contributed by atoms with Crippen molar-refractivity contribution in [2.24, 2.45) is 0 Å². The molecule has 0 unspecified atom stereocenters. The molecule has 3 aromatic rings. The van der Waals surface area contributed by atoms with Gasteiger partial charge < -0.3 is 5.32 Å². The van der Waals surface area contributed by atoms with Crippen molar-refractivity contribution >= 4 is 23.4 Å². The minimum atomic E-state index is -0.313. The molecule has 1 heterocycles. The number of amides is 1. The lowest BCUT2D eigenvalue weighted by Gasteiger charge is -2.13. The second-order valence-corrected chi connectivity index (χ2v) is 6.99. The summed E-state index contributed by atoms with van der Waals surface area (Å²) in [6.07, 6.45) is 1.80. The molecule has 26 heavy (non-hydrogen) atoms. The quantitative estimate of drug-likeness (QED) is 0.503. The first kappa shape index (κ1) is 17.9. The summed E-state index contributed by atoms with van der Waals surface area (Å²) in [5, 5.41) is 11.9. The summed E-state index contributed by atoms with van der Waals surface area (Å²) in [6.45, 7) is 6.25. The minimum Gasteiger partial charge on any atom is -0.325 e. The first-order chi connectivity index (χ1) is 12.7. The van der Waals surface area contributed by atoms with E-state index in [1.165, 1.54) is 11.8 Å². The van der Waals surface area contributed by atoms with Crippen LogP contribution in [-0.4, -0.2) is 25.9 Å². The molecule has 1 amide bonds. The van der Waals surface area contributed by atoms with E-state index < -0.39 is 0 Å². The summed E-state index contributed by atoms with van der Waals surface area (Å²) in [5.41, 5.74) is 1.76. The van der Waals surface area contributed by atoms with E-state index in [1.54, 1.807) is 6.08 Å². The average molecular weight is 364 g/mol. The zero-order chi connectivity index (χ0) is 18.4. The van der Waals surface area contributed by atoms with Crippen molar-refractivity contribution in [2.75, 3.05) is 5.32 Å². The number of nitrogens with zero attached hydrogens (tertiary/aromatic N) is 3. The van der Waals surface area contributed by atoms with Crippen LogP contribution in [0.25, 0.3) is 11.4 Å². The van der Waals surface area contributed by atoms with Crippen molar-refractivity contribution in [3.05, 3.63) is 73.3 Å². The molecule has 1 N–H and O–H groups in total. The molecule has 0 aliphatic rings. The lowest BCUT2D eigenvalue weighted by Crippen LogP contribution is -2.22. The number of aromatic nitrogens is 3. The molecule has 0 saturated heterocycles. The van der Waals surface area contributed by atoms with Crippen molar-refractivity contribution in [1.82, 2.24) is 14.8 Å². The number of hydrogen-bond donors (Lipinski definition) is 1. The van der Waals surface area contributed by atoms with Crippen LogP contribution in [0.1, 0.15) is 6.92 Å². The highest BCUT2D eigenvalue weighted by Crippen LogP contribution is 2.27. The van der Waals surface area contributed by atoms with Crippen LogP contribution in [0, 0.1) is 0 Å². The molecule has 3 rings (SSSR count). The molecule has 0 bridgehead atoms. The minimum absolute atomic E-state index is 0.0735. The number of thioether (sulfide) groups is 1. The number of hydrogen-bond acceptors (Lipinski definition) is 4. The lowest BCUT2D eigenvalue weighted by molar-refractivity contribution is -0.115. The Morgan fingerprint density at radius 3 is 2.46 bits per heavy atom. The lowest BCUT2D eigenvalue weighted by atomic mass is 10.2. The van der Waals surface area contributed by atoms with E-state index >= 15 is 0 Å². The van der Waals surface area contributed by atoms with Gasteiger partial charge in [0.05, 0.1) is 5.25 Å². The van der Waals surface area contributed by atoms with Gasteiger partial charge in [-0.3, -0.25) is 9.36 Å². The standard InChI is InChI=1S/C20H20N4OS/c1-3-14-24-18(16-10-6-4-7-11-16)22-23-20(24)26-15(2)19(25)21-17-12-8-5-9-13-17/h3-13,15H,1,14H2,2H3,(H,21,25)/t15-/m0/s1. The summed E-state index contributed by atoms with van der Waals surface area (Å²) < 4.78 is 1.97. The predicted octanol–water partition coefficient (Wildman–Crippen LogP) is 4.25. The maximum Gasteiger partial charge on any atom is 0.237 e. The highest BCUT2D eigenvalue weighted by Gasteiger charge is 2.20. The van der Waals surface area contributed by atoms with Crippen LogP contribution >= 0.6 is 11.8 Å². The molecule has 1 atom stereocenters. The van der Waals surface area contributed by atoms with Crippen LogP contribution in [-0.2, 0) is 11.3 Å². The number of allylic oxidation sites excluding steroid dienone is 1. The van der Waals surface area contributed by atoms with Gasteiger partial charge in [0.2, 0.25) is 5.91 Å². The Bertz CT molecular complexity index is 877. The molecular formula is C20H20N4OS. The van der Waals surface area contributed by atoms with Crippen LogP contribution in [0.2, 0.25) is 0 Å². The van der Waals surface area contributed by atoms with Gasteiger partial charge in [-0.05, 0) is 19.1 Å². The molecule has 0 saturated carbocycles. The maximum absolute atomic E-state index is 12.5. The van der Waals surface area contributed by atoms with E-state index in [9.17, 15) is 4.79 Å². The number of anilines is 1. The zero-order valence-electron chi connectivity index (χ0n) is 14.5. The third kappa shape index (κ3) is 4.21. The highest BCUT2D eigenvalue weighted by molar-refractivity contribution is 8.00. The first-order valence-corrected chi connectivity index (χ1v) is 9.19. The second kappa shape index (κ2) is 8.49. The first-order valence-electron chi connectivity index (χ1n) is 8.31. The molecule has 0 spiro atoms.